The average Bonchev–Trinajstić information content (AvgIpc) is 2.63. The van der Waals surface area contributed by atoms with E-state index in [0.29, 0.717) is 6.61 Å². The van der Waals surface area contributed by atoms with Gasteiger partial charge < -0.3 is 9.84 Å². The first kappa shape index (κ1) is 27.2. The summed E-state index contributed by atoms with van der Waals surface area (Å²) in [5, 5.41) is 8.62. The molecule has 4 nitrogen and oxygen atoms in total. The molecule has 0 heterocycles. The number of carboxylic acid groups (broad SMARTS) is 1. The summed E-state index contributed by atoms with van der Waals surface area (Å²) in [7, 11) is 0. The van der Waals surface area contributed by atoms with E-state index in [0.717, 1.165) is 25.7 Å². The molecule has 0 aliphatic carbocycles. The topological polar surface area (TPSA) is 63.6 Å². The first-order chi connectivity index (χ1) is 12.4. The zero-order chi connectivity index (χ0) is 20.2. The molecule has 0 amide bonds. The highest BCUT2D eigenvalue weighted by Crippen LogP contribution is 2.11. The van der Waals surface area contributed by atoms with Gasteiger partial charge in [-0.05, 0) is 19.3 Å². The number of aliphatic carboxylic acids is 1. The number of hydrogen-bond acceptors (Lipinski definition) is 3. The maximum absolute atomic E-state index is 11.2. The normalized spacial score (nSPS) is 12.7. The summed E-state index contributed by atoms with van der Waals surface area (Å²) in [4.78, 5) is 21.7. The Morgan fingerprint density at radius 2 is 1.27 bits per heavy atom. The van der Waals surface area contributed by atoms with Crippen LogP contribution in [0.3, 0.4) is 0 Å². The lowest BCUT2D eigenvalue weighted by Gasteiger charge is -2.08. The van der Waals surface area contributed by atoms with Crippen LogP contribution >= 0.6 is 0 Å². The third-order valence-corrected chi connectivity index (χ3v) is 4.67. The van der Waals surface area contributed by atoms with Crippen LogP contribution in [0.2, 0.25) is 0 Å². The summed E-state index contributed by atoms with van der Waals surface area (Å²) in [5.74, 6) is -0.801. The smallest absolute Gasteiger partial charge is 0.308 e. The summed E-state index contributed by atoms with van der Waals surface area (Å²) in [5.41, 5.74) is 0. The molecule has 0 aromatic rings. The maximum atomic E-state index is 11.2. The van der Waals surface area contributed by atoms with Crippen molar-refractivity contribution in [3.63, 3.8) is 0 Å². The maximum Gasteiger partial charge on any atom is 0.308 e. The van der Waals surface area contributed by atoms with Crippen molar-refractivity contribution < 1.29 is 19.4 Å². The van der Waals surface area contributed by atoms with E-state index in [2.05, 4.69) is 13.8 Å². The molecule has 2 unspecified atom stereocenters. The van der Waals surface area contributed by atoms with Gasteiger partial charge in [0.1, 0.15) is 0 Å². The zero-order valence-electron chi connectivity index (χ0n) is 18.0. The van der Waals surface area contributed by atoms with E-state index in [-0.39, 0.29) is 17.8 Å². The molecular formula is C22H44O4. The highest BCUT2D eigenvalue weighted by Gasteiger charge is 2.11. The van der Waals surface area contributed by atoms with E-state index in [9.17, 15) is 9.59 Å². The summed E-state index contributed by atoms with van der Waals surface area (Å²) < 4.78 is 5.10. The Morgan fingerprint density at radius 1 is 0.769 bits per heavy atom. The van der Waals surface area contributed by atoms with Crippen molar-refractivity contribution in [1.82, 2.24) is 0 Å². The van der Waals surface area contributed by atoms with E-state index < -0.39 is 5.97 Å². The van der Waals surface area contributed by atoms with Crippen LogP contribution in [0.5, 0.6) is 0 Å². The predicted octanol–water partition coefficient (Wildman–Crippen LogP) is 6.61. The lowest BCUT2D eigenvalue weighted by atomic mass is 10.0. The molecule has 2 atom stereocenters. The van der Waals surface area contributed by atoms with Crippen LogP contribution in [-0.4, -0.2) is 23.7 Å². The SMILES string of the molecule is CCCCCCCCC(C)C(=O)O.CCCCCCOC(=O)C(C)CC. The second-order valence-corrected chi connectivity index (χ2v) is 7.33. The fourth-order valence-electron chi connectivity index (χ4n) is 2.36. The number of rotatable bonds is 15. The lowest BCUT2D eigenvalue weighted by molar-refractivity contribution is -0.148. The third kappa shape index (κ3) is 19.3. The van der Waals surface area contributed by atoms with Crippen molar-refractivity contribution in [2.45, 2.75) is 112 Å². The van der Waals surface area contributed by atoms with Crippen LogP contribution in [0, 0.1) is 11.8 Å². The number of unbranched alkanes of at least 4 members (excludes halogenated alkanes) is 8. The molecular weight excluding hydrogens is 328 g/mol. The summed E-state index contributed by atoms with van der Waals surface area (Å²) in [6, 6.07) is 0. The molecule has 0 fully saturated rings. The van der Waals surface area contributed by atoms with Crippen molar-refractivity contribution >= 4 is 11.9 Å². The minimum absolute atomic E-state index is 0.0426. The Morgan fingerprint density at radius 3 is 1.77 bits per heavy atom. The summed E-state index contributed by atoms with van der Waals surface area (Å²) >= 11 is 0. The fraction of sp³-hybridized carbons (Fsp3) is 0.909. The second kappa shape index (κ2) is 20.3. The van der Waals surface area contributed by atoms with E-state index in [1.807, 2.05) is 13.8 Å². The van der Waals surface area contributed by atoms with Gasteiger partial charge in [0, 0.05) is 0 Å². The van der Waals surface area contributed by atoms with Crippen molar-refractivity contribution in [3.8, 4) is 0 Å². The number of esters is 1. The number of carbonyl (C=O) groups excluding carboxylic acids is 1. The van der Waals surface area contributed by atoms with Gasteiger partial charge >= 0.3 is 11.9 Å². The molecule has 0 radical (unpaired) electrons. The van der Waals surface area contributed by atoms with Gasteiger partial charge in [-0.3, -0.25) is 9.59 Å². The van der Waals surface area contributed by atoms with Crippen molar-refractivity contribution in [3.05, 3.63) is 0 Å². The average molecular weight is 373 g/mol. The molecule has 0 aliphatic heterocycles. The van der Waals surface area contributed by atoms with E-state index in [1.54, 1.807) is 6.92 Å². The van der Waals surface area contributed by atoms with Gasteiger partial charge in [-0.25, -0.2) is 0 Å². The van der Waals surface area contributed by atoms with Crippen LogP contribution in [0.4, 0.5) is 0 Å². The van der Waals surface area contributed by atoms with Gasteiger partial charge in [0.15, 0.2) is 0 Å². The van der Waals surface area contributed by atoms with Crippen molar-refractivity contribution in [1.29, 1.82) is 0 Å². The van der Waals surface area contributed by atoms with Crippen LogP contribution in [-0.2, 0) is 14.3 Å². The molecule has 0 aliphatic rings. The zero-order valence-corrected chi connectivity index (χ0v) is 18.0. The first-order valence-electron chi connectivity index (χ1n) is 10.8. The van der Waals surface area contributed by atoms with Crippen LogP contribution in [0.1, 0.15) is 112 Å². The summed E-state index contributed by atoms with van der Waals surface area (Å²) in [6.45, 7) is 10.7. The Kier molecular flexibility index (Phi) is 21.2. The lowest BCUT2D eigenvalue weighted by Crippen LogP contribution is -2.14. The van der Waals surface area contributed by atoms with Gasteiger partial charge in [0.05, 0.1) is 18.4 Å². The second-order valence-electron chi connectivity index (χ2n) is 7.33. The quantitative estimate of drug-likeness (QED) is 0.259. The molecule has 4 heteroatoms. The van der Waals surface area contributed by atoms with E-state index in [4.69, 9.17) is 9.84 Å². The van der Waals surface area contributed by atoms with E-state index >= 15 is 0 Å². The van der Waals surface area contributed by atoms with Gasteiger partial charge in [0.2, 0.25) is 0 Å². The highest BCUT2D eigenvalue weighted by atomic mass is 16.5. The molecule has 0 bridgehead atoms. The number of carboxylic acids is 1. The van der Waals surface area contributed by atoms with Gasteiger partial charge in [0.25, 0.3) is 0 Å². The van der Waals surface area contributed by atoms with Crippen LogP contribution in [0.15, 0.2) is 0 Å². The Hall–Kier alpha value is -1.06. The monoisotopic (exact) mass is 372 g/mol. The predicted molar refractivity (Wildman–Crippen MR) is 109 cm³/mol. The van der Waals surface area contributed by atoms with Crippen molar-refractivity contribution in [2.24, 2.45) is 11.8 Å². The number of hydrogen-bond donors (Lipinski definition) is 1. The minimum Gasteiger partial charge on any atom is -0.481 e. The van der Waals surface area contributed by atoms with Gasteiger partial charge in [-0.2, -0.15) is 0 Å². The van der Waals surface area contributed by atoms with Gasteiger partial charge in [-0.15, -0.1) is 0 Å². The largest absolute Gasteiger partial charge is 0.481 e. The summed E-state index contributed by atoms with van der Waals surface area (Å²) in [6.07, 6.45) is 13.8. The fourth-order valence-corrected chi connectivity index (χ4v) is 2.36. The Labute approximate surface area is 162 Å². The molecule has 156 valence electrons. The molecule has 0 rings (SSSR count). The highest BCUT2D eigenvalue weighted by molar-refractivity contribution is 5.71. The molecule has 0 aromatic carbocycles. The minimum atomic E-state index is -0.659. The number of carbonyl (C=O) groups is 2. The molecule has 0 aromatic heterocycles. The van der Waals surface area contributed by atoms with E-state index in [1.165, 1.54) is 51.4 Å². The van der Waals surface area contributed by atoms with Gasteiger partial charge in [-0.1, -0.05) is 92.4 Å². The standard InChI is InChI=1S/2C11H22O2/c1-4-6-7-8-9-13-11(12)10(3)5-2;1-3-4-5-6-7-8-9-10(2)11(12)13/h10H,4-9H2,1-3H3;10H,3-9H2,1-2H3,(H,12,13). The molecule has 26 heavy (non-hydrogen) atoms. The molecule has 0 saturated carbocycles. The van der Waals surface area contributed by atoms with Crippen LogP contribution in [0.25, 0.3) is 0 Å². The molecule has 0 saturated heterocycles. The van der Waals surface area contributed by atoms with Crippen LogP contribution < -0.4 is 0 Å². The Balaban J connectivity index is 0. The molecule has 0 spiro atoms. The van der Waals surface area contributed by atoms with Crippen molar-refractivity contribution in [2.75, 3.05) is 6.61 Å². The first-order valence-corrected chi connectivity index (χ1v) is 10.8. The number of ether oxygens (including phenoxy) is 1. The molecule has 1 N–H and O–H groups in total. The third-order valence-electron chi connectivity index (χ3n) is 4.67. The Bertz CT molecular complexity index is 328.